The lowest BCUT2D eigenvalue weighted by Gasteiger charge is -2.23. The van der Waals surface area contributed by atoms with Crippen LogP contribution in [0, 0.1) is 0 Å². The lowest BCUT2D eigenvalue weighted by Crippen LogP contribution is -2.27. The molecule has 76 valence electrons. The molecule has 14 heavy (non-hydrogen) atoms. The largest absolute Gasteiger partial charge is 0.495 e. The number of piperidine rings is 1. The smallest absolute Gasteiger partial charge is 0.140 e. The van der Waals surface area contributed by atoms with Gasteiger partial charge in [-0.15, -0.1) is 0 Å². The number of nitrogens with zero attached hydrogens (tertiary/aromatic N) is 1. The van der Waals surface area contributed by atoms with Gasteiger partial charge in [0.2, 0.25) is 0 Å². The molecule has 0 spiro atoms. The third-order valence-corrected chi connectivity index (χ3v) is 2.75. The van der Waals surface area contributed by atoms with Crippen LogP contribution < -0.4 is 10.1 Å². The number of nitrogens with one attached hydrogen (secondary N) is 1. The van der Waals surface area contributed by atoms with Crippen molar-refractivity contribution < 1.29 is 4.74 Å². The maximum atomic E-state index is 5.32. The van der Waals surface area contributed by atoms with Gasteiger partial charge in [0.05, 0.1) is 12.8 Å². The van der Waals surface area contributed by atoms with Gasteiger partial charge < -0.3 is 10.1 Å². The molecule has 1 saturated heterocycles. The third kappa shape index (κ3) is 1.87. The van der Waals surface area contributed by atoms with E-state index in [4.69, 9.17) is 4.74 Å². The van der Waals surface area contributed by atoms with E-state index in [0.29, 0.717) is 5.92 Å². The third-order valence-electron chi connectivity index (χ3n) is 2.75. The summed E-state index contributed by atoms with van der Waals surface area (Å²) in [6.07, 6.45) is 4.17. The predicted octanol–water partition coefficient (Wildman–Crippen LogP) is 1.56. The van der Waals surface area contributed by atoms with Crippen LogP contribution in [0.3, 0.4) is 0 Å². The summed E-state index contributed by atoms with van der Waals surface area (Å²) in [4.78, 5) is 4.42. The zero-order chi connectivity index (χ0) is 9.80. The number of aromatic nitrogens is 1. The first kappa shape index (κ1) is 9.46. The summed E-state index contributed by atoms with van der Waals surface area (Å²) < 4.78 is 5.32. The fourth-order valence-corrected chi connectivity index (χ4v) is 1.98. The van der Waals surface area contributed by atoms with Gasteiger partial charge in [0.25, 0.3) is 0 Å². The summed E-state index contributed by atoms with van der Waals surface area (Å²) in [6, 6.07) is 3.91. The van der Waals surface area contributed by atoms with Gasteiger partial charge in [0.15, 0.2) is 0 Å². The molecule has 3 nitrogen and oxygen atoms in total. The van der Waals surface area contributed by atoms with E-state index in [9.17, 15) is 0 Å². The molecule has 0 unspecified atom stereocenters. The first-order valence-electron chi connectivity index (χ1n) is 5.11. The summed E-state index contributed by atoms with van der Waals surface area (Å²) in [5.74, 6) is 1.49. The molecule has 1 aromatic rings. The minimum absolute atomic E-state index is 0.562. The first-order chi connectivity index (χ1) is 6.92. The van der Waals surface area contributed by atoms with Crippen molar-refractivity contribution in [3.8, 4) is 5.75 Å². The molecule has 2 heterocycles. The zero-order valence-corrected chi connectivity index (χ0v) is 8.49. The van der Waals surface area contributed by atoms with Crippen molar-refractivity contribution in [2.75, 3.05) is 20.2 Å². The lowest BCUT2D eigenvalue weighted by molar-refractivity contribution is 0.385. The van der Waals surface area contributed by atoms with Crippen LogP contribution >= 0.6 is 0 Å². The van der Waals surface area contributed by atoms with Crippen molar-refractivity contribution in [3.63, 3.8) is 0 Å². The number of rotatable bonds is 2. The summed E-state index contributed by atoms with van der Waals surface area (Å²) in [6.45, 7) is 2.18. The van der Waals surface area contributed by atoms with Crippen molar-refractivity contribution >= 4 is 0 Å². The molecule has 0 radical (unpaired) electrons. The average Bonchev–Trinajstić information content (AvgIpc) is 2.30. The van der Waals surface area contributed by atoms with E-state index >= 15 is 0 Å². The summed E-state index contributed by atoms with van der Waals surface area (Å²) >= 11 is 0. The average molecular weight is 192 g/mol. The minimum Gasteiger partial charge on any atom is -0.495 e. The molecule has 1 aliphatic rings. The molecule has 3 heteroatoms. The minimum atomic E-state index is 0.562. The Labute approximate surface area is 84.5 Å². The van der Waals surface area contributed by atoms with Crippen molar-refractivity contribution in [2.24, 2.45) is 0 Å². The van der Waals surface area contributed by atoms with Crippen molar-refractivity contribution in [1.82, 2.24) is 10.3 Å². The molecule has 1 aliphatic heterocycles. The van der Waals surface area contributed by atoms with Crippen LogP contribution in [0.5, 0.6) is 5.75 Å². The fraction of sp³-hybridized carbons (Fsp3) is 0.545. The fourth-order valence-electron chi connectivity index (χ4n) is 1.98. The highest BCUT2D eigenvalue weighted by Crippen LogP contribution is 2.29. The van der Waals surface area contributed by atoms with Crippen LogP contribution in [-0.2, 0) is 0 Å². The normalized spacial score (nSPS) is 18.1. The molecule has 0 aliphatic carbocycles. The molecular weight excluding hydrogens is 176 g/mol. The molecule has 0 saturated carbocycles. The van der Waals surface area contributed by atoms with Gasteiger partial charge in [-0.05, 0) is 38.1 Å². The van der Waals surface area contributed by atoms with E-state index in [1.165, 1.54) is 0 Å². The molecule has 1 fully saturated rings. The molecule has 0 aromatic carbocycles. The van der Waals surface area contributed by atoms with Crippen LogP contribution in [0.15, 0.2) is 18.3 Å². The standard InChI is InChI=1S/C11H16N2O/c1-14-10-3-2-6-13-11(10)9-4-7-12-8-5-9/h2-3,6,9,12H,4-5,7-8H2,1H3. The highest BCUT2D eigenvalue weighted by atomic mass is 16.5. The molecule has 0 bridgehead atoms. The lowest BCUT2D eigenvalue weighted by atomic mass is 9.93. The Morgan fingerprint density at radius 1 is 1.43 bits per heavy atom. The van der Waals surface area contributed by atoms with Crippen LogP contribution in [0.1, 0.15) is 24.5 Å². The molecule has 0 atom stereocenters. The summed E-state index contributed by atoms with van der Waals surface area (Å²) in [5.41, 5.74) is 1.12. The second kappa shape index (κ2) is 4.42. The topological polar surface area (TPSA) is 34.1 Å². The van der Waals surface area contributed by atoms with E-state index in [-0.39, 0.29) is 0 Å². The van der Waals surface area contributed by atoms with Gasteiger partial charge in [0.1, 0.15) is 5.75 Å². The summed E-state index contributed by atoms with van der Waals surface area (Å²) in [5, 5.41) is 3.35. The first-order valence-corrected chi connectivity index (χ1v) is 5.11. The van der Waals surface area contributed by atoms with Crippen LogP contribution in [-0.4, -0.2) is 25.2 Å². The van der Waals surface area contributed by atoms with E-state index < -0.39 is 0 Å². The Morgan fingerprint density at radius 2 is 2.21 bits per heavy atom. The number of hydrogen-bond acceptors (Lipinski definition) is 3. The highest BCUT2D eigenvalue weighted by Gasteiger charge is 2.19. The second-order valence-electron chi connectivity index (χ2n) is 3.62. The monoisotopic (exact) mass is 192 g/mol. The number of methoxy groups -OCH3 is 1. The van der Waals surface area contributed by atoms with Gasteiger partial charge in [0, 0.05) is 12.1 Å². The summed E-state index contributed by atoms with van der Waals surface area (Å²) in [7, 11) is 1.71. The molecule has 1 N–H and O–H groups in total. The van der Waals surface area contributed by atoms with E-state index in [2.05, 4.69) is 10.3 Å². The van der Waals surface area contributed by atoms with Crippen molar-refractivity contribution in [3.05, 3.63) is 24.0 Å². The molecule has 1 aromatic heterocycles. The van der Waals surface area contributed by atoms with Crippen LogP contribution in [0.25, 0.3) is 0 Å². The Kier molecular flexibility index (Phi) is 2.99. The van der Waals surface area contributed by atoms with Gasteiger partial charge >= 0.3 is 0 Å². The van der Waals surface area contributed by atoms with Gasteiger partial charge in [-0.25, -0.2) is 0 Å². The SMILES string of the molecule is COc1cccnc1C1CCNCC1. The molecule has 0 amide bonds. The van der Waals surface area contributed by atoms with Crippen LogP contribution in [0.4, 0.5) is 0 Å². The van der Waals surface area contributed by atoms with E-state index in [1.807, 2.05) is 18.3 Å². The van der Waals surface area contributed by atoms with Gasteiger partial charge in [-0.2, -0.15) is 0 Å². The Bertz CT molecular complexity index is 295. The van der Waals surface area contributed by atoms with E-state index in [1.54, 1.807) is 7.11 Å². The highest BCUT2D eigenvalue weighted by molar-refractivity contribution is 5.30. The van der Waals surface area contributed by atoms with Gasteiger partial charge in [-0.3, -0.25) is 4.98 Å². The Hall–Kier alpha value is -1.09. The number of ether oxygens (including phenoxy) is 1. The second-order valence-corrected chi connectivity index (χ2v) is 3.62. The predicted molar refractivity (Wildman–Crippen MR) is 55.6 cm³/mol. The maximum absolute atomic E-state index is 5.32. The van der Waals surface area contributed by atoms with Crippen molar-refractivity contribution in [1.29, 1.82) is 0 Å². The molecule has 2 rings (SSSR count). The van der Waals surface area contributed by atoms with E-state index in [0.717, 1.165) is 37.4 Å². The zero-order valence-electron chi connectivity index (χ0n) is 8.49. The Balaban J connectivity index is 2.20. The van der Waals surface area contributed by atoms with Crippen molar-refractivity contribution in [2.45, 2.75) is 18.8 Å². The number of pyridine rings is 1. The maximum Gasteiger partial charge on any atom is 0.140 e. The quantitative estimate of drug-likeness (QED) is 0.772. The Morgan fingerprint density at radius 3 is 2.93 bits per heavy atom. The molecular formula is C11H16N2O. The van der Waals surface area contributed by atoms with Gasteiger partial charge in [-0.1, -0.05) is 0 Å². The number of hydrogen-bond donors (Lipinski definition) is 1. The van der Waals surface area contributed by atoms with Crippen LogP contribution in [0.2, 0.25) is 0 Å².